The normalized spacial score (nSPS) is 18.8. The SMILES string of the molecule is C[C@@H](C(=O)N1CCCc2ccccc21)N1CC=C(c2ccccc2)CC1. The number of benzene rings is 2. The highest BCUT2D eigenvalue weighted by Crippen LogP contribution is 2.29. The van der Waals surface area contributed by atoms with E-state index in [0.717, 1.165) is 44.6 Å². The second-order valence-corrected chi connectivity index (χ2v) is 7.24. The van der Waals surface area contributed by atoms with E-state index in [9.17, 15) is 4.79 Å². The highest BCUT2D eigenvalue weighted by Gasteiger charge is 2.30. The van der Waals surface area contributed by atoms with Crippen molar-refractivity contribution in [3.05, 3.63) is 71.8 Å². The summed E-state index contributed by atoms with van der Waals surface area (Å²) in [6.07, 6.45) is 5.40. The summed E-state index contributed by atoms with van der Waals surface area (Å²) in [4.78, 5) is 17.5. The second kappa shape index (κ2) is 7.46. The minimum atomic E-state index is -0.0882. The van der Waals surface area contributed by atoms with Gasteiger partial charge in [0.25, 0.3) is 0 Å². The summed E-state index contributed by atoms with van der Waals surface area (Å²) in [7, 11) is 0. The number of para-hydroxylation sites is 1. The molecule has 134 valence electrons. The summed E-state index contributed by atoms with van der Waals surface area (Å²) in [6.45, 7) is 4.66. The molecule has 0 aromatic heterocycles. The molecule has 0 radical (unpaired) electrons. The molecule has 0 bridgehead atoms. The zero-order valence-electron chi connectivity index (χ0n) is 15.4. The van der Waals surface area contributed by atoms with E-state index in [1.807, 2.05) is 11.0 Å². The molecule has 1 atom stereocenters. The van der Waals surface area contributed by atoms with Crippen LogP contribution in [0.15, 0.2) is 60.7 Å². The maximum absolute atomic E-state index is 13.2. The Balaban J connectivity index is 1.47. The largest absolute Gasteiger partial charge is 0.311 e. The summed E-state index contributed by atoms with van der Waals surface area (Å²) in [5.74, 6) is 0.230. The van der Waals surface area contributed by atoms with Crippen LogP contribution >= 0.6 is 0 Å². The van der Waals surface area contributed by atoms with Crippen LogP contribution < -0.4 is 4.90 Å². The maximum atomic E-state index is 13.2. The molecule has 2 aliphatic heterocycles. The number of anilines is 1. The molecule has 0 fully saturated rings. The first-order chi connectivity index (χ1) is 12.7. The van der Waals surface area contributed by atoms with Gasteiger partial charge in [-0.3, -0.25) is 9.69 Å². The van der Waals surface area contributed by atoms with Gasteiger partial charge in [-0.05, 0) is 49.0 Å². The summed E-state index contributed by atoms with van der Waals surface area (Å²) >= 11 is 0. The van der Waals surface area contributed by atoms with Gasteiger partial charge in [-0.2, -0.15) is 0 Å². The number of hydrogen-bond donors (Lipinski definition) is 0. The maximum Gasteiger partial charge on any atom is 0.244 e. The van der Waals surface area contributed by atoms with Crippen molar-refractivity contribution in [1.29, 1.82) is 0 Å². The van der Waals surface area contributed by atoms with Crippen LogP contribution in [0.3, 0.4) is 0 Å². The fourth-order valence-corrected chi connectivity index (χ4v) is 4.10. The number of amides is 1. The van der Waals surface area contributed by atoms with E-state index >= 15 is 0 Å². The Morgan fingerprint density at radius 1 is 0.962 bits per heavy atom. The van der Waals surface area contributed by atoms with Crippen molar-refractivity contribution in [2.45, 2.75) is 32.2 Å². The highest BCUT2D eigenvalue weighted by atomic mass is 16.2. The molecule has 0 saturated heterocycles. The van der Waals surface area contributed by atoms with Crippen LogP contribution in [0.2, 0.25) is 0 Å². The van der Waals surface area contributed by atoms with Crippen LogP contribution in [0.25, 0.3) is 5.57 Å². The van der Waals surface area contributed by atoms with E-state index in [2.05, 4.69) is 66.4 Å². The summed E-state index contributed by atoms with van der Waals surface area (Å²) in [6, 6.07) is 18.8. The third-order valence-corrected chi connectivity index (χ3v) is 5.67. The third-order valence-electron chi connectivity index (χ3n) is 5.67. The van der Waals surface area contributed by atoms with E-state index in [1.54, 1.807) is 0 Å². The van der Waals surface area contributed by atoms with Crippen LogP contribution in [0.1, 0.15) is 30.9 Å². The molecule has 2 aromatic rings. The average Bonchev–Trinajstić information content (AvgIpc) is 2.73. The van der Waals surface area contributed by atoms with Gasteiger partial charge in [0, 0.05) is 25.3 Å². The predicted molar refractivity (Wildman–Crippen MR) is 107 cm³/mol. The number of hydrogen-bond acceptors (Lipinski definition) is 2. The Morgan fingerprint density at radius 3 is 2.50 bits per heavy atom. The average molecular weight is 346 g/mol. The minimum Gasteiger partial charge on any atom is -0.311 e. The molecule has 0 saturated carbocycles. The third kappa shape index (κ3) is 3.32. The van der Waals surface area contributed by atoms with Crippen molar-refractivity contribution in [3.63, 3.8) is 0 Å². The van der Waals surface area contributed by atoms with Gasteiger partial charge in [-0.25, -0.2) is 0 Å². The number of aryl methyl sites for hydroxylation is 1. The van der Waals surface area contributed by atoms with Crippen molar-refractivity contribution in [2.75, 3.05) is 24.5 Å². The summed E-state index contributed by atoms with van der Waals surface area (Å²) in [5, 5.41) is 0. The molecular weight excluding hydrogens is 320 g/mol. The molecule has 2 aromatic carbocycles. The standard InChI is InChI=1S/C23H26N2O/c1-18(23(26)25-15-7-11-21-10-5-6-12-22(21)25)24-16-13-20(14-17-24)19-8-3-2-4-9-19/h2-6,8-10,12-13,18H,7,11,14-17H2,1H3/t18-/m0/s1. The van der Waals surface area contributed by atoms with Gasteiger partial charge in [0.1, 0.15) is 0 Å². The van der Waals surface area contributed by atoms with E-state index < -0.39 is 0 Å². The molecule has 3 nitrogen and oxygen atoms in total. The molecule has 0 unspecified atom stereocenters. The van der Waals surface area contributed by atoms with Gasteiger partial charge in [0.15, 0.2) is 0 Å². The lowest BCUT2D eigenvalue weighted by atomic mass is 9.98. The van der Waals surface area contributed by atoms with E-state index in [0.29, 0.717) is 0 Å². The lowest BCUT2D eigenvalue weighted by molar-refractivity contribution is -0.123. The first-order valence-electron chi connectivity index (χ1n) is 9.62. The smallest absolute Gasteiger partial charge is 0.244 e. The number of rotatable bonds is 3. The molecule has 2 aliphatic rings. The zero-order chi connectivity index (χ0) is 17.9. The molecule has 0 aliphatic carbocycles. The van der Waals surface area contributed by atoms with Gasteiger partial charge in [0.2, 0.25) is 5.91 Å². The molecule has 0 spiro atoms. The Kier molecular flexibility index (Phi) is 4.89. The molecule has 4 rings (SSSR count). The van der Waals surface area contributed by atoms with Crippen molar-refractivity contribution in [1.82, 2.24) is 4.90 Å². The quantitative estimate of drug-likeness (QED) is 0.834. The predicted octanol–water partition coefficient (Wildman–Crippen LogP) is 4.14. The first-order valence-corrected chi connectivity index (χ1v) is 9.62. The van der Waals surface area contributed by atoms with Gasteiger partial charge in [-0.1, -0.05) is 54.6 Å². The van der Waals surface area contributed by atoms with Crippen LogP contribution in [-0.2, 0) is 11.2 Å². The lowest BCUT2D eigenvalue weighted by Crippen LogP contribution is -2.49. The number of fused-ring (bicyclic) bond motifs is 1. The van der Waals surface area contributed by atoms with Gasteiger partial charge in [0.05, 0.1) is 6.04 Å². The van der Waals surface area contributed by atoms with Crippen LogP contribution in [-0.4, -0.2) is 36.5 Å². The topological polar surface area (TPSA) is 23.6 Å². The van der Waals surface area contributed by atoms with Crippen molar-refractivity contribution in [3.8, 4) is 0 Å². The Hall–Kier alpha value is -2.39. The first kappa shape index (κ1) is 17.0. The van der Waals surface area contributed by atoms with Gasteiger partial charge in [-0.15, -0.1) is 0 Å². The van der Waals surface area contributed by atoms with Crippen molar-refractivity contribution < 1.29 is 4.79 Å². The molecule has 26 heavy (non-hydrogen) atoms. The second-order valence-electron chi connectivity index (χ2n) is 7.24. The Bertz CT molecular complexity index is 812. The molecule has 3 heteroatoms. The molecule has 2 heterocycles. The number of carbonyl (C=O) groups is 1. The van der Waals surface area contributed by atoms with E-state index in [1.165, 1.54) is 16.7 Å². The monoisotopic (exact) mass is 346 g/mol. The Labute approximate surface area is 155 Å². The van der Waals surface area contributed by atoms with Crippen LogP contribution in [0, 0.1) is 0 Å². The molecular formula is C23H26N2O. The van der Waals surface area contributed by atoms with Gasteiger partial charge >= 0.3 is 0 Å². The number of nitrogens with zero attached hydrogens (tertiary/aromatic N) is 2. The summed E-state index contributed by atoms with van der Waals surface area (Å²) < 4.78 is 0. The fourth-order valence-electron chi connectivity index (χ4n) is 4.10. The van der Waals surface area contributed by atoms with Crippen molar-refractivity contribution in [2.24, 2.45) is 0 Å². The zero-order valence-corrected chi connectivity index (χ0v) is 15.4. The number of carbonyl (C=O) groups excluding carboxylic acids is 1. The van der Waals surface area contributed by atoms with Crippen LogP contribution in [0.5, 0.6) is 0 Å². The van der Waals surface area contributed by atoms with E-state index in [-0.39, 0.29) is 11.9 Å². The lowest BCUT2D eigenvalue weighted by Gasteiger charge is -2.36. The Morgan fingerprint density at radius 2 is 1.73 bits per heavy atom. The van der Waals surface area contributed by atoms with E-state index in [4.69, 9.17) is 0 Å². The minimum absolute atomic E-state index is 0.0882. The highest BCUT2D eigenvalue weighted by molar-refractivity contribution is 5.98. The molecule has 0 N–H and O–H groups in total. The van der Waals surface area contributed by atoms with Crippen LogP contribution in [0.4, 0.5) is 5.69 Å². The van der Waals surface area contributed by atoms with Gasteiger partial charge < -0.3 is 4.90 Å². The summed E-state index contributed by atoms with van der Waals surface area (Å²) in [5.41, 5.74) is 5.10. The van der Waals surface area contributed by atoms with Crippen molar-refractivity contribution >= 4 is 17.2 Å². The fraction of sp³-hybridized carbons (Fsp3) is 0.348. The molecule has 1 amide bonds.